The van der Waals surface area contributed by atoms with Crippen molar-refractivity contribution >= 4 is 11.9 Å². The molecule has 0 spiro atoms. The van der Waals surface area contributed by atoms with Crippen LogP contribution in [-0.4, -0.2) is 6.21 Å². The Hall–Kier alpha value is -2.41. The predicted molar refractivity (Wildman–Crippen MR) is 121 cm³/mol. The van der Waals surface area contributed by atoms with E-state index in [0.717, 1.165) is 11.1 Å². The Kier molecular flexibility index (Phi) is 7.76. The SMILES string of the molecule is CC(C)(C)c1cc(-c2ccc([O-])c(C=[NH+]c3c(F)cccc3F)c2)cc(C(C)(C)C)c1.[Li+]. The van der Waals surface area contributed by atoms with Crippen molar-refractivity contribution in [2.24, 2.45) is 0 Å². The summed E-state index contributed by atoms with van der Waals surface area (Å²) in [5, 5.41) is 12.4. The molecule has 0 aromatic heterocycles. The monoisotopic (exact) mass is 428 g/mol. The first-order chi connectivity index (χ1) is 14.4. The van der Waals surface area contributed by atoms with Crippen LogP contribution in [0.25, 0.3) is 11.1 Å². The van der Waals surface area contributed by atoms with E-state index in [1.54, 1.807) is 12.1 Å². The molecule has 3 aromatic rings. The second-order valence-electron chi connectivity index (χ2n) is 9.94. The Morgan fingerprint density at radius 1 is 0.750 bits per heavy atom. The largest absolute Gasteiger partial charge is 1.00 e. The minimum atomic E-state index is -0.715. The van der Waals surface area contributed by atoms with Gasteiger partial charge in [-0.15, -0.1) is 0 Å². The number of rotatable bonds is 3. The first-order valence-corrected chi connectivity index (χ1v) is 10.4. The molecule has 0 aliphatic carbocycles. The molecular formula is C27H29F2LiNO+. The summed E-state index contributed by atoms with van der Waals surface area (Å²) in [6.45, 7) is 13.0. The maximum Gasteiger partial charge on any atom is 1.00 e. The van der Waals surface area contributed by atoms with Gasteiger partial charge >= 0.3 is 18.9 Å². The summed E-state index contributed by atoms with van der Waals surface area (Å²) in [4.78, 5) is 2.61. The summed E-state index contributed by atoms with van der Waals surface area (Å²) in [6.07, 6.45) is 1.35. The molecule has 0 heterocycles. The minimum absolute atomic E-state index is 0. The Morgan fingerprint density at radius 3 is 1.78 bits per heavy atom. The molecule has 0 radical (unpaired) electrons. The third kappa shape index (κ3) is 5.88. The van der Waals surface area contributed by atoms with Gasteiger partial charge in [0.05, 0.1) is 0 Å². The van der Waals surface area contributed by atoms with Gasteiger partial charge in [0.15, 0.2) is 17.8 Å². The molecule has 0 atom stereocenters. The van der Waals surface area contributed by atoms with Crippen LogP contribution < -0.4 is 29.0 Å². The Bertz CT molecular complexity index is 1090. The summed E-state index contributed by atoms with van der Waals surface area (Å²) in [5.74, 6) is -1.66. The predicted octanol–water partition coefficient (Wildman–Crippen LogP) is 2.14. The molecule has 0 amide bonds. The first-order valence-electron chi connectivity index (χ1n) is 10.4. The average molecular weight is 428 g/mol. The van der Waals surface area contributed by atoms with Crippen LogP contribution in [0.4, 0.5) is 14.5 Å². The van der Waals surface area contributed by atoms with Gasteiger partial charge in [0.2, 0.25) is 0 Å². The van der Waals surface area contributed by atoms with E-state index in [0.29, 0.717) is 5.56 Å². The number of benzene rings is 3. The molecule has 0 aliphatic rings. The van der Waals surface area contributed by atoms with Crippen molar-refractivity contribution in [2.45, 2.75) is 52.4 Å². The van der Waals surface area contributed by atoms with E-state index >= 15 is 0 Å². The van der Waals surface area contributed by atoms with Crippen LogP contribution in [0.2, 0.25) is 0 Å². The van der Waals surface area contributed by atoms with E-state index in [1.165, 1.54) is 41.6 Å². The zero-order valence-electron chi connectivity index (χ0n) is 19.9. The number of para-hydroxylation sites is 1. The van der Waals surface area contributed by atoms with Crippen LogP contribution in [0.15, 0.2) is 54.6 Å². The fraction of sp³-hybridized carbons (Fsp3) is 0.296. The van der Waals surface area contributed by atoms with Crippen molar-refractivity contribution in [3.63, 3.8) is 0 Å². The molecule has 2 nitrogen and oxygen atoms in total. The smallest absolute Gasteiger partial charge is 0.872 e. The van der Waals surface area contributed by atoms with Gasteiger partial charge in [-0.05, 0) is 51.3 Å². The Morgan fingerprint density at radius 2 is 1.28 bits per heavy atom. The zero-order valence-corrected chi connectivity index (χ0v) is 19.9. The van der Waals surface area contributed by atoms with Crippen molar-refractivity contribution in [3.05, 3.63) is 82.9 Å². The first kappa shape index (κ1) is 25.8. The third-order valence-electron chi connectivity index (χ3n) is 5.34. The van der Waals surface area contributed by atoms with Gasteiger partial charge in [-0.3, -0.25) is 0 Å². The van der Waals surface area contributed by atoms with E-state index in [2.05, 4.69) is 64.7 Å². The molecule has 3 aromatic carbocycles. The number of nitrogens with one attached hydrogen (secondary N) is 1. The third-order valence-corrected chi connectivity index (χ3v) is 5.34. The van der Waals surface area contributed by atoms with Crippen molar-refractivity contribution in [2.75, 3.05) is 0 Å². The molecule has 1 N–H and O–H groups in total. The zero-order chi connectivity index (χ0) is 23.0. The normalized spacial score (nSPS) is 12.1. The summed E-state index contributed by atoms with van der Waals surface area (Å²) in [5.41, 5.74) is 4.27. The quantitative estimate of drug-likeness (QED) is 0.504. The van der Waals surface area contributed by atoms with Crippen LogP contribution in [0.3, 0.4) is 0 Å². The molecule has 0 fully saturated rings. The summed E-state index contributed by atoms with van der Waals surface area (Å²) in [7, 11) is 0. The number of halogens is 2. The van der Waals surface area contributed by atoms with Crippen LogP contribution >= 0.6 is 0 Å². The molecule has 0 aliphatic heterocycles. The topological polar surface area (TPSA) is 37.0 Å². The van der Waals surface area contributed by atoms with Crippen molar-refractivity contribution < 1.29 is 37.7 Å². The standard InChI is InChI=1S/C27H29F2NO.Li/c1-26(2,3)20-13-18(14-21(15-20)27(4,5)6)17-10-11-24(31)19(12-17)16-30-25-22(28)8-7-9-23(25)29;/h7-16,31H,1-6H3;/q;+1. The molecule has 0 unspecified atom stereocenters. The molecule has 5 heteroatoms. The fourth-order valence-corrected chi connectivity index (χ4v) is 3.29. The van der Waals surface area contributed by atoms with Crippen molar-refractivity contribution in [1.29, 1.82) is 0 Å². The van der Waals surface area contributed by atoms with Crippen LogP contribution in [-0.2, 0) is 10.8 Å². The van der Waals surface area contributed by atoms with E-state index in [4.69, 9.17) is 0 Å². The Labute approximate surface area is 201 Å². The van der Waals surface area contributed by atoms with Gasteiger partial charge in [-0.2, -0.15) is 8.78 Å². The molecular weight excluding hydrogens is 399 g/mol. The Balaban J connectivity index is 0.00000363. The van der Waals surface area contributed by atoms with Crippen LogP contribution in [0, 0.1) is 11.6 Å². The fourth-order valence-electron chi connectivity index (χ4n) is 3.29. The van der Waals surface area contributed by atoms with Gasteiger partial charge in [0, 0.05) is 5.56 Å². The summed E-state index contributed by atoms with van der Waals surface area (Å²) in [6, 6.07) is 15.2. The van der Waals surface area contributed by atoms with E-state index in [-0.39, 0.29) is 41.1 Å². The van der Waals surface area contributed by atoms with E-state index in [1.807, 2.05) is 0 Å². The van der Waals surface area contributed by atoms with Crippen LogP contribution in [0.1, 0.15) is 58.2 Å². The van der Waals surface area contributed by atoms with Crippen molar-refractivity contribution in [1.82, 2.24) is 0 Å². The number of hydrogen-bond acceptors (Lipinski definition) is 1. The van der Waals surface area contributed by atoms with Gasteiger partial charge in [0.25, 0.3) is 5.69 Å². The van der Waals surface area contributed by atoms with E-state index in [9.17, 15) is 13.9 Å². The molecule has 0 saturated carbocycles. The number of hydrogen-bond donors (Lipinski definition) is 1. The summed E-state index contributed by atoms with van der Waals surface area (Å²) < 4.78 is 27.8. The maximum atomic E-state index is 13.9. The van der Waals surface area contributed by atoms with Crippen molar-refractivity contribution in [3.8, 4) is 16.9 Å². The van der Waals surface area contributed by atoms with Gasteiger partial charge < -0.3 is 5.11 Å². The molecule has 0 bridgehead atoms. The van der Waals surface area contributed by atoms with Gasteiger partial charge in [-0.1, -0.05) is 83.7 Å². The second kappa shape index (κ2) is 9.61. The van der Waals surface area contributed by atoms with Crippen LogP contribution in [0.5, 0.6) is 5.75 Å². The summed E-state index contributed by atoms with van der Waals surface area (Å²) >= 11 is 0. The second-order valence-corrected chi connectivity index (χ2v) is 9.94. The average Bonchev–Trinajstić information content (AvgIpc) is 2.67. The molecule has 3 rings (SSSR count). The van der Waals surface area contributed by atoms with Gasteiger partial charge in [-0.25, -0.2) is 4.99 Å². The minimum Gasteiger partial charge on any atom is -0.872 e. The van der Waals surface area contributed by atoms with E-state index < -0.39 is 11.6 Å². The molecule has 162 valence electrons. The van der Waals surface area contributed by atoms with Gasteiger partial charge in [0.1, 0.15) is 0 Å². The molecule has 0 saturated heterocycles. The molecule has 32 heavy (non-hydrogen) atoms. The maximum absolute atomic E-state index is 13.9.